The smallest absolute Gasteiger partial charge is 0.123 e. The number of hydrogen-bond donors (Lipinski definition) is 1. The fourth-order valence-electron chi connectivity index (χ4n) is 2.19. The first kappa shape index (κ1) is 15.3. The van der Waals surface area contributed by atoms with E-state index in [4.69, 9.17) is 28.9 Å². The first-order chi connectivity index (χ1) is 9.58. The minimum Gasteiger partial charge on any atom is -0.330 e. The van der Waals surface area contributed by atoms with E-state index in [1.807, 2.05) is 12.1 Å². The van der Waals surface area contributed by atoms with Gasteiger partial charge in [0.15, 0.2) is 0 Å². The van der Waals surface area contributed by atoms with Crippen molar-refractivity contribution in [1.82, 2.24) is 0 Å². The van der Waals surface area contributed by atoms with Crippen molar-refractivity contribution in [3.05, 3.63) is 69.5 Å². The van der Waals surface area contributed by atoms with Crippen LogP contribution < -0.4 is 5.73 Å². The average Bonchev–Trinajstić information content (AvgIpc) is 2.43. The molecule has 0 saturated heterocycles. The topological polar surface area (TPSA) is 26.0 Å². The summed E-state index contributed by atoms with van der Waals surface area (Å²) in [6.07, 6.45) is 1.58. The predicted molar refractivity (Wildman–Crippen MR) is 82.8 cm³/mol. The van der Waals surface area contributed by atoms with Gasteiger partial charge in [-0.15, -0.1) is 0 Å². The van der Waals surface area contributed by atoms with E-state index < -0.39 is 0 Å². The first-order valence-corrected chi connectivity index (χ1v) is 7.22. The van der Waals surface area contributed by atoms with Crippen molar-refractivity contribution >= 4 is 23.2 Å². The maximum Gasteiger partial charge on any atom is 0.123 e. The molecule has 0 fully saturated rings. The maximum absolute atomic E-state index is 12.9. The summed E-state index contributed by atoms with van der Waals surface area (Å²) in [6, 6.07) is 12.0. The molecule has 2 aromatic carbocycles. The van der Waals surface area contributed by atoms with Crippen LogP contribution in [-0.4, -0.2) is 6.54 Å². The molecule has 2 aromatic rings. The van der Waals surface area contributed by atoms with Gasteiger partial charge in [-0.2, -0.15) is 0 Å². The Hall–Kier alpha value is -1.09. The molecule has 1 atom stereocenters. The molecule has 0 amide bonds. The summed E-state index contributed by atoms with van der Waals surface area (Å²) in [6.45, 7) is 0.552. The normalized spacial score (nSPS) is 12.4. The van der Waals surface area contributed by atoms with Gasteiger partial charge < -0.3 is 5.73 Å². The highest BCUT2D eigenvalue weighted by Gasteiger charge is 2.11. The van der Waals surface area contributed by atoms with Crippen LogP contribution in [0.5, 0.6) is 0 Å². The van der Waals surface area contributed by atoms with Gasteiger partial charge in [-0.05, 0) is 60.7 Å². The monoisotopic (exact) mass is 311 g/mol. The third-order valence-corrected chi connectivity index (χ3v) is 3.88. The molecule has 0 aliphatic carbocycles. The molecule has 20 heavy (non-hydrogen) atoms. The van der Waals surface area contributed by atoms with Crippen LogP contribution in [0.25, 0.3) is 0 Å². The van der Waals surface area contributed by atoms with Gasteiger partial charge in [0, 0.05) is 10.0 Å². The van der Waals surface area contributed by atoms with Crippen molar-refractivity contribution in [3.8, 4) is 0 Å². The lowest BCUT2D eigenvalue weighted by molar-refractivity contribution is 0.532. The van der Waals surface area contributed by atoms with Crippen molar-refractivity contribution in [1.29, 1.82) is 0 Å². The zero-order valence-corrected chi connectivity index (χ0v) is 12.5. The lowest BCUT2D eigenvalue weighted by Gasteiger charge is -2.16. The van der Waals surface area contributed by atoms with Gasteiger partial charge in [0.1, 0.15) is 5.82 Å². The van der Waals surface area contributed by atoms with Gasteiger partial charge >= 0.3 is 0 Å². The van der Waals surface area contributed by atoms with E-state index in [9.17, 15) is 4.39 Å². The van der Waals surface area contributed by atoms with E-state index in [0.29, 0.717) is 16.6 Å². The third kappa shape index (κ3) is 4.20. The Morgan fingerprint density at radius 1 is 1.00 bits per heavy atom. The van der Waals surface area contributed by atoms with Crippen molar-refractivity contribution < 1.29 is 4.39 Å². The zero-order chi connectivity index (χ0) is 14.5. The molecule has 0 aromatic heterocycles. The van der Waals surface area contributed by atoms with Gasteiger partial charge in [-0.1, -0.05) is 41.4 Å². The van der Waals surface area contributed by atoms with E-state index >= 15 is 0 Å². The van der Waals surface area contributed by atoms with Crippen LogP contribution in [0, 0.1) is 11.7 Å². The Balaban J connectivity index is 2.07. The summed E-state index contributed by atoms with van der Waals surface area (Å²) < 4.78 is 12.9. The maximum atomic E-state index is 12.9. The van der Waals surface area contributed by atoms with Gasteiger partial charge in [-0.25, -0.2) is 4.39 Å². The van der Waals surface area contributed by atoms with Crippen LogP contribution in [0.2, 0.25) is 10.0 Å². The van der Waals surface area contributed by atoms with Crippen LogP contribution in [-0.2, 0) is 12.8 Å². The SMILES string of the molecule is NCC(Cc1ccc(F)cc1)Cc1ccc(Cl)cc1Cl. The Labute approximate surface area is 128 Å². The van der Waals surface area contributed by atoms with E-state index in [-0.39, 0.29) is 11.7 Å². The molecule has 4 heteroatoms. The Morgan fingerprint density at radius 3 is 2.30 bits per heavy atom. The largest absolute Gasteiger partial charge is 0.330 e. The van der Waals surface area contributed by atoms with Gasteiger partial charge in [0.25, 0.3) is 0 Å². The first-order valence-electron chi connectivity index (χ1n) is 6.47. The molecule has 0 aliphatic rings. The average molecular weight is 312 g/mol. The molecule has 0 bridgehead atoms. The molecule has 1 unspecified atom stereocenters. The number of halogens is 3. The quantitative estimate of drug-likeness (QED) is 0.865. The van der Waals surface area contributed by atoms with Crippen LogP contribution in [0.1, 0.15) is 11.1 Å². The minimum absolute atomic E-state index is 0.223. The molecular weight excluding hydrogens is 296 g/mol. The van der Waals surface area contributed by atoms with Crippen LogP contribution >= 0.6 is 23.2 Å². The Morgan fingerprint density at radius 2 is 1.70 bits per heavy atom. The predicted octanol–water partition coefficient (Wildman–Crippen LogP) is 4.49. The van der Waals surface area contributed by atoms with Crippen molar-refractivity contribution in [2.45, 2.75) is 12.8 Å². The van der Waals surface area contributed by atoms with E-state index in [1.54, 1.807) is 18.2 Å². The number of nitrogens with two attached hydrogens (primary N) is 1. The zero-order valence-electron chi connectivity index (χ0n) is 11.0. The van der Waals surface area contributed by atoms with Crippen LogP contribution in [0.3, 0.4) is 0 Å². The van der Waals surface area contributed by atoms with E-state index in [0.717, 1.165) is 24.0 Å². The second kappa shape index (κ2) is 7.07. The van der Waals surface area contributed by atoms with Crippen molar-refractivity contribution in [2.24, 2.45) is 11.7 Å². The Bertz CT molecular complexity index is 569. The van der Waals surface area contributed by atoms with E-state index in [2.05, 4.69) is 0 Å². The summed E-state index contributed by atoms with van der Waals surface area (Å²) in [5, 5.41) is 1.29. The molecule has 0 radical (unpaired) electrons. The summed E-state index contributed by atoms with van der Waals surface area (Å²) in [7, 11) is 0. The van der Waals surface area contributed by atoms with Gasteiger partial charge in [0.05, 0.1) is 0 Å². The molecule has 2 N–H and O–H groups in total. The summed E-state index contributed by atoms with van der Waals surface area (Å²) in [4.78, 5) is 0. The highest BCUT2D eigenvalue weighted by atomic mass is 35.5. The van der Waals surface area contributed by atoms with Gasteiger partial charge in [-0.3, -0.25) is 0 Å². The summed E-state index contributed by atoms with van der Waals surface area (Å²) in [5.74, 6) is 0.0398. The van der Waals surface area contributed by atoms with E-state index in [1.165, 1.54) is 12.1 Å². The van der Waals surface area contributed by atoms with Gasteiger partial charge in [0.2, 0.25) is 0 Å². The molecule has 0 aliphatic heterocycles. The van der Waals surface area contributed by atoms with Crippen LogP contribution in [0.4, 0.5) is 4.39 Å². The number of hydrogen-bond acceptors (Lipinski definition) is 1. The molecule has 0 heterocycles. The lowest BCUT2D eigenvalue weighted by Crippen LogP contribution is -2.19. The minimum atomic E-state index is -0.223. The lowest BCUT2D eigenvalue weighted by atomic mass is 9.92. The van der Waals surface area contributed by atoms with Crippen molar-refractivity contribution in [3.63, 3.8) is 0 Å². The molecule has 1 nitrogen and oxygen atoms in total. The molecule has 0 spiro atoms. The standard InChI is InChI=1S/C16H16Cl2FN/c17-14-4-3-13(16(18)9-14)8-12(10-20)7-11-1-5-15(19)6-2-11/h1-6,9,12H,7-8,10,20H2. The highest BCUT2D eigenvalue weighted by Crippen LogP contribution is 2.24. The fourth-order valence-corrected chi connectivity index (χ4v) is 2.68. The second-order valence-electron chi connectivity index (χ2n) is 4.87. The fraction of sp³-hybridized carbons (Fsp3) is 0.250. The summed E-state index contributed by atoms with van der Waals surface area (Å²) >= 11 is 12.1. The summed E-state index contributed by atoms with van der Waals surface area (Å²) in [5.41, 5.74) is 7.95. The molecule has 2 rings (SSSR count). The Kier molecular flexibility index (Phi) is 5.41. The van der Waals surface area contributed by atoms with Crippen molar-refractivity contribution in [2.75, 3.05) is 6.54 Å². The number of rotatable bonds is 5. The van der Waals surface area contributed by atoms with Crippen LogP contribution in [0.15, 0.2) is 42.5 Å². The molecule has 106 valence electrons. The molecule has 0 saturated carbocycles. The number of benzene rings is 2. The third-order valence-electron chi connectivity index (χ3n) is 3.29. The second-order valence-corrected chi connectivity index (χ2v) is 5.72. The highest BCUT2D eigenvalue weighted by molar-refractivity contribution is 6.35. The molecular formula is C16H16Cl2FN.